The molecule has 0 amide bonds. The van der Waals surface area contributed by atoms with Crippen LogP contribution in [-0.2, 0) is 0 Å². The number of rotatable bonds is 5. The summed E-state index contributed by atoms with van der Waals surface area (Å²) in [6, 6.07) is 10.5. The maximum Gasteiger partial charge on any atom is 0.194 e. The molecule has 0 fully saturated rings. The monoisotopic (exact) mass is 430 g/mol. The zero-order valence-electron chi connectivity index (χ0n) is 11.3. The normalized spacial score (nSPS) is 10.5. The van der Waals surface area contributed by atoms with Crippen molar-refractivity contribution in [3.63, 3.8) is 0 Å². The minimum absolute atomic E-state index is 0.116. The van der Waals surface area contributed by atoms with E-state index in [0.29, 0.717) is 22.8 Å². The van der Waals surface area contributed by atoms with E-state index in [2.05, 4.69) is 31.9 Å². The smallest absolute Gasteiger partial charge is 0.194 e. The average molecular weight is 433 g/mol. The predicted octanol–water partition coefficient (Wildman–Crippen LogP) is 5.88. The molecule has 2 aromatic rings. The summed E-state index contributed by atoms with van der Waals surface area (Å²) in [6.45, 7) is 2.69. The van der Waals surface area contributed by atoms with Gasteiger partial charge in [0.05, 0.1) is 16.1 Å². The van der Waals surface area contributed by atoms with Gasteiger partial charge in [0.1, 0.15) is 5.75 Å². The van der Waals surface area contributed by atoms with E-state index >= 15 is 0 Å². The summed E-state index contributed by atoms with van der Waals surface area (Å²) in [6.07, 6.45) is 0.932. The first-order chi connectivity index (χ1) is 10.0. The highest BCUT2D eigenvalue weighted by atomic mass is 79.9. The third-order valence-electron chi connectivity index (χ3n) is 2.83. The number of carbonyl (C=O) groups excluding carboxylic acids is 1. The van der Waals surface area contributed by atoms with Gasteiger partial charge in [-0.25, -0.2) is 0 Å². The summed E-state index contributed by atoms with van der Waals surface area (Å²) in [5, 5.41) is 0.428. The van der Waals surface area contributed by atoms with Gasteiger partial charge in [0, 0.05) is 15.6 Å². The van der Waals surface area contributed by atoms with Crippen LogP contribution in [0.4, 0.5) is 0 Å². The lowest BCUT2D eigenvalue weighted by Crippen LogP contribution is -2.03. The van der Waals surface area contributed by atoms with Crippen LogP contribution in [0, 0.1) is 0 Å². The molecule has 2 nitrogen and oxygen atoms in total. The molecule has 0 atom stereocenters. The molecule has 110 valence electrons. The summed E-state index contributed by atoms with van der Waals surface area (Å²) in [7, 11) is 0. The van der Waals surface area contributed by atoms with Gasteiger partial charge in [-0.15, -0.1) is 0 Å². The molecule has 2 aromatic carbocycles. The second-order valence-corrected chi connectivity index (χ2v) is 6.62. The quantitative estimate of drug-likeness (QED) is 0.551. The van der Waals surface area contributed by atoms with Crippen LogP contribution in [0.3, 0.4) is 0 Å². The van der Waals surface area contributed by atoms with Gasteiger partial charge in [-0.3, -0.25) is 4.79 Å². The highest BCUT2D eigenvalue weighted by Gasteiger charge is 2.14. The zero-order chi connectivity index (χ0) is 15.4. The van der Waals surface area contributed by atoms with Crippen molar-refractivity contribution in [3.05, 3.63) is 61.5 Å². The summed E-state index contributed by atoms with van der Waals surface area (Å²) >= 11 is 12.9. The van der Waals surface area contributed by atoms with Gasteiger partial charge < -0.3 is 4.74 Å². The van der Waals surface area contributed by atoms with Crippen molar-refractivity contribution >= 4 is 49.2 Å². The number of hydrogen-bond donors (Lipinski definition) is 0. The van der Waals surface area contributed by atoms with Crippen molar-refractivity contribution in [3.8, 4) is 5.75 Å². The first-order valence-electron chi connectivity index (χ1n) is 6.45. The van der Waals surface area contributed by atoms with Gasteiger partial charge >= 0.3 is 0 Å². The Labute approximate surface area is 145 Å². The molecule has 0 aromatic heterocycles. The van der Waals surface area contributed by atoms with Gasteiger partial charge in [0.25, 0.3) is 0 Å². The van der Waals surface area contributed by atoms with Crippen LogP contribution in [0.1, 0.15) is 29.3 Å². The summed E-state index contributed by atoms with van der Waals surface area (Å²) in [5.74, 6) is 0.616. The lowest BCUT2D eigenvalue weighted by Gasteiger charge is -2.09. The van der Waals surface area contributed by atoms with Crippen molar-refractivity contribution in [2.75, 3.05) is 6.61 Å². The number of ether oxygens (including phenoxy) is 1. The maximum atomic E-state index is 12.5. The second kappa shape index (κ2) is 7.43. The third-order valence-corrected chi connectivity index (χ3v) is 4.26. The van der Waals surface area contributed by atoms with Gasteiger partial charge in [-0.2, -0.15) is 0 Å². The molecule has 0 aliphatic heterocycles. The molecule has 0 N–H and O–H groups in total. The molecule has 5 heteroatoms. The fourth-order valence-corrected chi connectivity index (χ4v) is 3.05. The molecule has 0 bridgehead atoms. The van der Waals surface area contributed by atoms with E-state index in [1.54, 1.807) is 36.4 Å². The predicted molar refractivity (Wildman–Crippen MR) is 92.5 cm³/mol. The van der Waals surface area contributed by atoms with Crippen LogP contribution in [-0.4, -0.2) is 12.4 Å². The Morgan fingerprint density at radius 1 is 1.19 bits per heavy atom. The standard InChI is InChI=1S/C16H13Br2ClO2/c1-2-7-21-15-6-3-10(8-13(15)18)16(20)12-5-4-11(17)9-14(12)19/h3-6,8-9H,2,7H2,1H3. The van der Waals surface area contributed by atoms with Crippen molar-refractivity contribution in [1.82, 2.24) is 0 Å². The molecule has 0 aliphatic carbocycles. The number of benzene rings is 2. The highest BCUT2D eigenvalue weighted by molar-refractivity contribution is 9.10. The van der Waals surface area contributed by atoms with Crippen molar-refractivity contribution < 1.29 is 9.53 Å². The second-order valence-electron chi connectivity index (χ2n) is 4.45. The first-order valence-corrected chi connectivity index (χ1v) is 8.41. The zero-order valence-corrected chi connectivity index (χ0v) is 15.3. The summed E-state index contributed by atoms with van der Waals surface area (Å²) in [4.78, 5) is 12.5. The number of carbonyl (C=O) groups is 1. The van der Waals surface area contributed by atoms with Crippen molar-refractivity contribution in [2.24, 2.45) is 0 Å². The van der Waals surface area contributed by atoms with Crippen molar-refractivity contribution in [2.45, 2.75) is 13.3 Å². The fraction of sp³-hybridized carbons (Fsp3) is 0.188. The highest BCUT2D eigenvalue weighted by Crippen LogP contribution is 2.29. The summed E-state index contributed by atoms with van der Waals surface area (Å²) < 4.78 is 7.18. The van der Waals surface area contributed by atoms with Crippen LogP contribution in [0.2, 0.25) is 5.02 Å². The van der Waals surface area contributed by atoms with Gasteiger partial charge in [0.2, 0.25) is 0 Å². The molecule has 0 spiro atoms. The first kappa shape index (κ1) is 16.5. The Morgan fingerprint density at radius 2 is 1.95 bits per heavy atom. The number of ketones is 1. The van der Waals surface area contributed by atoms with Crippen molar-refractivity contribution in [1.29, 1.82) is 0 Å². The fourth-order valence-electron chi connectivity index (χ4n) is 1.80. The largest absolute Gasteiger partial charge is 0.492 e. The van der Waals surface area contributed by atoms with E-state index in [1.165, 1.54) is 0 Å². The molecule has 0 radical (unpaired) electrons. The lowest BCUT2D eigenvalue weighted by atomic mass is 10.0. The Kier molecular flexibility index (Phi) is 5.85. The van der Waals surface area contributed by atoms with Crippen LogP contribution < -0.4 is 4.74 Å². The Hall–Kier alpha value is -0.840. The molecular weight excluding hydrogens is 419 g/mol. The van der Waals surface area contributed by atoms with E-state index in [1.807, 2.05) is 6.92 Å². The number of hydrogen-bond acceptors (Lipinski definition) is 2. The Morgan fingerprint density at radius 3 is 2.57 bits per heavy atom. The van der Waals surface area contributed by atoms with Crippen LogP contribution in [0.5, 0.6) is 5.75 Å². The van der Waals surface area contributed by atoms with E-state index in [0.717, 1.165) is 21.1 Å². The van der Waals surface area contributed by atoms with E-state index in [4.69, 9.17) is 16.3 Å². The van der Waals surface area contributed by atoms with Crippen LogP contribution in [0.25, 0.3) is 0 Å². The van der Waals surface area contributed by atoms with Crippen LogP contribution in [0.15, 0.2) is 45.3 Å². The molecule has 0 aliphatic rings. The molecule has 0 unspecified atom stereocenters. The lowest BCUT2D eigenvalue weighted by molar-refractivity contribution is 0.103. The molecule has 0 heterocycles. The minimum Gasteiger partial charge on any atom is -0.492 e. The van der Waals surface area contributed by atoms with Gasteiger partial charge in [0.15, 0.2) is 5.78 Å². The van der Waals surface area contributed by atoms with E-state index in [9.17, 15) is 4.79 Å². The Bertz CT molecular complexity index is 671. The number of halogens is 3. The molecule has 2 rings (SSSR count). The Balaban J connectivity index is 2.29. The van der Waals surface area contributed by atoms with Gasteiger partial charge in [-0.1, -0.05) is 34.5 Å². The molecule has 0 saturated carbocycles. The average Bonchev–Trinajstić information content (AvgIpc) is 2.45. The van der Waals surface area contributed by atoms with E-state index in [-0.39, 0.29) is 5.78 Å². The molecule has 0 saturated heterocycles. The minimum atomic E-state index is -0.116. The molecular formula is C16H13Br2ClO2. The van der Waals surface area contributed by atoms with E-state index < -0.39 is 0 Å². The third kappa shape index (κ3) is 4.09. The SMILES string of the molecule is CCCOc1ccc(C(=O)c2ccc(Br)cc2Cl)cc1Br. The maximum absolute atomic E-state index is 12.5. The molecule has 21 heavy (non-hydrogen) atoms. The van der Waals surface area contributed by atoms with Gasteiger partial charge in [-0.05, 0) is 58.7 Å². The van der Waals surface area contributed by atoms with Crippen LogP contribution >= 0.6 is 43.5 Å². The summed E-state index contributed by atoms with van der Waals surface area (Å²) in [5.41, 5.74) is 1.05. The topological polar surface area (TPSA) is 26.3 Å².